The van der Waals surface area contributed by atoms with Gasteiger partial charge in [-0.3, -0.25) is 4.79 Å². The van der Waals surface area contributed by atoms with E-state index in [-0.39, 0.29) is 6.61 Å². The molecule has 14 heavy (non-hydrogen) atoms. The molecule has 0 unspecified atom stereocenters. The predicted octanol–water partition coefficient (Wildman–Crippen LogP) is 1.58. The van der Waals surface area contributed by atoms with Crippen LogP contribution in [-0.2, 0) is 0 Å². The fourth-order valence-electron chi connectivity index (χ4n) is 1.18. The number of rotatable bonds is 4. The minimum absolute atomic E-state index is 0.0717. The summed E-state index contributed by atoms with van der Waals surface area (Å²) in [5.74, 6) is 0. The van der Waals surface area contributed by atoms with Gasteiger partial charge >= 0.3 is 0 Å². The molecule has 0 fully saturated rings. The molecule has 0 bridgehead atoms. The first kappa shape index (κ1) is 11.0. The van der Waals surface area contributed by atoms with Gasteiger partial charge < -0.3 is 10.0 Å². The van der Waals surface area contributed by atoms with E-state index >= 15 is 0 Å². The maximum Gasteiger partial charge on any atom is 0.150 e. The van der Waals surface area contributed by atoms with Gasteiger partial charge in [-0.15, -0.1) is 0 Å². The van der Waals surface area contributed by atoms with E-state index in [4.69, 9.17) is 16.7 Å². The second-order valence-electron chi connectivity index (χ2n) is 2.97. The smallest absolute Gasteiger partial charge is 0.150 e. The Morgan fingerprint density at radius 1 is 1.57 bits per heavy atom. The molecule has 1 rings (SSSR count). The Hall–Kier alpha value is -1.06. The minimum Gasteiger partial charge on any atom is -0.395 e. The van der Waals surface area contributed by atoms with E-state index in [1.165, 1.54) is 0 Å². The van der Waals surface area contributed by atoms with Crippen molar-refractivity contribution in [3.8, 4) is 0 Å². The Bertz CT molecular complexity index is 328. The van der Waals surface area contributed by atoms with Gasteiger partial charge in [0.1, 0.15) is 6.29 Å². The SMILES string of the molecule is CN(CCO)c1ccc(C=O)cc1Cl. The molecule has 0 radical (unpaired) electrons. The third-order valence-electron chi connectivity index (χ3n) is 1.95. The Morgan fingerprint density at radius 3 is 2.79 bits per heavy atom. The quantitative estimate of drug-likeness (QED) is 0.773. The molecule has 1 aromatic carbocycles. The van der Waals surface area contributed by atoms with E-state index in [2.05, 4.69) is 0 Å². The van der Waals surface area contributed by atoms with Gasteiger partial charge in [0.25, 0.3) is 0 Å². The predicted molar refractivity (Wildman–Crippen MR) is 57.2 cm³/mol. The lowest BCUT2D eigenvalue weighted by Gasteiger charge is -2.19. The molecule has 0 aliphatic carbocycles. The first-order valence-electron chi connectivity index (χ1n) is 4.25. The Kier molecular flexibility index (Phi) is 3.92. The van der Waals surface area contributed by atoms with Crippen LogP contribution in [0, 0.1) is 0 Å². The van der Waals surface area contributed by atoms with Crippen molar-refractivity contribution in [3.05, 3.63) is 28.8 Å². The highest BCUT2D eigenvalue weighted by molar-refractivity contribution is 6.33. The van der Waals surface area contributed by atoms with Gasteiger partial charge in [-0.1, -0.05) is 11.6 Å². The molecule has 4 heteroatoms. The molecule has 0 saturated carbocycles. The maximum atomic E-state index is 10.5. The molecule has 0 atom stereocenters. The highest BCUT2D eigenvalue weighted by Gasteiger charge is 2.05. The van der Waals surface area contributed by atoms with Gasteiger partial charge in [0, 0.05) is 19.2 Å². The van der Waals surface area contributed by atoms with Crippen LogP contribution in [0.15, 0.2) is 18.2 Å². The van der Waals surface area contributed by atoms with E-state index < -0.39 is 0 Å². The van der Waals surface area contributed by atoms with Crippen molar-refractivity contribution in [3.63, 3.8) is 0 Å². The third kappa shape index (κ3) is 2.47. The molecule has 1 N–H and O–H groups in total. The summed E-state index contributed by atoms with van der Waals surface area (Å²) >= 11 is 5.96. The lowest BCUT2D eigenvalue weighted by atomic mass is 10.2. The van der Waals surface area contributed by atoms with Gasteiger partial charge in [-0.05, 0) is 18.2 Å². The molecule has 0 saturated heterocycles. The lowest BCUT2D eigenvalue weighted by Crippen LogP contribution is -2.21. The van der Waals surface area contributed by atoms with Crippen LogP contribution in [0.1, 0.15) is 10.4 Å². The zero-order valence-electron chi connectivity index (χ0n) is 7.90. The van der Waals surface area contributed by atoms with Gasteiger partial charge in [0.15, 0.2) is 0 Å². The van der Waals surface area contributed by atoms with Crippen molar-refractivity contribution < 1.29 is 9.90 Å². The number of aldehydes is 1. The third-order valence-corrected chi connectivity index (χ3v) is 2.26. The van der Waals surface area contributed by atoms with E-state index in [0.717, 1.165) is 12.0 Å². The average molecular weight is 214 g/mol. The standard InChI is InChI=1S/C10H12ClNO2/c1-12(4-5-13)10-3-2-8(7-14)6-9(10)11/h2-3,6-7,13H,4-5H2,1H3. The van der Waals surface area contributed by atoms with Gasteiger partial charge in [0.2, 0.25) is 0 Å². The molecule has 0 spiro atoms. The number of likely N-dealkylation sites (N-methyl/N-ethyl adjacent to an activating group) is 1. The summed E-state index contributed by atoms with van der Waals surface area (Å²) in [7, 11) is 1.83. The highest BCUT2D eigenvalue weighted by Crippen LogP contribution is 2.25. The van der Waals surface area contributed by atoms with Crippen molar-refractivity contribution in [1.82, 2.24) is 0 Å². The molecule has 0 amide bonds. The number of hydrogen-bond donors (Lipinski definition) is 1. The van der Waals surface area contributed by atoms with Crippen LogP contribution in [0.5, 0.6) is 0 Å². The zero-order valence-corrected chi connectivity index (χ0v) is 8.66. The minimum atomic E-state index is 0.0717. The number of hydrogen-bond acceptors (Lipinski definition) is 3. The van der Waals surface area contributed by atoms with Gasteiger partial charge in [0.05, 0.1) is 17.3 Å². The summed E-state index contributed by atoms with van der Waals surface area (Å²) in [6.07, 6.45) is 0.752. The number of aliphatic hydroxyl groups is 1. The molecular weight excluding hydrogens is 202 g/mol. The fraction of sp³-hybridized carbons (Fsp3) is 0.300. The zero-order chi connectivity index (χ0) is 10.6. The van der Waals surface area contributed by atoms with Crippen LogP contribution in [0.4, 0.5) is 5.69 Å². The number of benzene rings is 1. The number of anilines is 1. The summed E-state index contributed by atoms with van der Waals surface area (Å²) in [4.78, 5) is 12.3. The van der Waals surface area contributed by atoms with Crippen LogP contribution >= 0.6 is 11.6 Å². The summed E-state index contributed by atoms with van der Waals surface area (Å²) < 4.78 is 0. The second kappa shape index (κ2) is 4.98. The van der Waals surface area contributed by atoms with Crippen LogP contribution in [-0.4, -0.2) is 31.6 Å². The fourth-order valence-corrected chi connectivity index (χ4v) is 1.51. The first-order chi connectivity index (χ1) is 6.69. The van der Waals surface area contributed by atoms with Gasteiger partial charge in [-0.2, -0.15) is 0 Å². The topological polar surface area (TPSA) is 40.5 Å². The van der Waals surface area contributed by atoms with Crippen molar-refractivity contribution in [2.75, 3.05) is 25.1 Å². The monoisotopic (exact) mass is 213 g/mol. The Morgan fingerprint density at radius 2 is 2.29 bits per heavy atom. The first-order valence-corrected chi connectivity index (χ1v) is 4.63. The number of halogens is 1. The van der Waals surface area contributed by atoms with Crippen LogP contribution in [0.25, 0.3) is 0 Å². The van der Waals surface area contributed by atoms with Crippen molar-refractivity contribution in [2.45, 2.75) is 0 Å². The highest BCUT2D eigenvalue weighted by atomic mass is 35.5. The largest absolute Gasteiger partial charge is 0.395 e. The van der Waals surface area contributed by atoms with Crippen molar-refractivity contribution >= 4 is 23.6 Å². The Balaban J connectivity index is 2.93. The maximum absolute atomic E-state index is 10.5. The molecule has 0 aliphatic heterocycles. The van der Waals surface area contributed by atoms with Gasteiger partial charge in [-0.25, -0.2) is 0 Å². The van der Waals surface area contributed by atoms with Crippen LogP contribution < -0.4 is 4.90 Å². The molecule has 3 nitrogen and oxygen atoms in total. The summed E-state index contributed by atoms with van der Waals surface area (Å²) in [5, 5.41) is 9.27. The van der Waals surface area contributed by atoms with Crippen molar-refractivity contribution in [1.29, 1.82) is 0 Å². The lowest BCUT2D eigenvalue weighted by molar-refractivity contribution is 0.112. The second-order valence-corrected chi connectivity index (χ2v) is 3.38. The van der Waals surface area contributed by atoms with Crippen LogP contribution in [0.2, 0.25) is 5.02 Å². The number of carbonyl (C=O) groups excluding carboxylic acids is 1. The molecule has 0 heterocycles. The van der Waals surface area contributed by atoms with Crippen molar-refractivity contribution in [2.24, 2.45) is 0 Å². The summed E-state index contributed by atoms with van der Waals surface area (Å²) in [6, 6.07) is 5.07. The number of nitrogens with zero attached hydrogens (tertiary/aromatic N) is 1. The summed E-state index contributed by atoms with van der Waals surface area (Å²) in [6.45, 7) is 0.586. The average Bonchev–Trinajstić information content (AvgIpc) is 2.17. The number of carbonyl (C=O) groups is 1. The number of aliphatic hydroxyl groups excluding tert-OH is 1. The molecule has 0 aromatic heterocycles. The van der Waals surface area contributed by atoms with E-state index in [1.807, 2.05) is 11.9 Å². The van der Waals surface area contributed by atoms with E-state index in [0.29, 0.717) is 17.1 Å². The molecule has 76 valence electrons. The van der Waals surface area contributed by atoms with E-state index in [1.54, 1.807) is 18.2 Å². The summed E-state index contributed by atoms with van der Waals surface area (Å²) in [5.41, 5.74) is 1.36. The normalized spacial score (nSPS) is 9.93. The van der Waals surface area contributed by atoms with Crippen LogP contribution in [0.3, 0.4) is 0 Å². The van der Waals surface area contributed by atoms with E-state index in [9.17, 15) is 4.79 Å². The molecule has 0 aliphatic rings. The Labute approximate surface area is 87.9 Å². The molecule has 1 aromatic rings. The molecular formula is C10H12ClNO2.